The Hall–Kier alpha value is -1.83. The van der Waals surface area contributed by atoms with E-state index >= 15 is 0 Å². The highest BCUT2D eigenvalue weighted by atomic mass is 16.3. The van der Waals surface area contributed by atoms with Gasteiger partial charge in [0, 0.05) is 32.2 Å². The Kier molecular flexibility index (Phi) is 2.02. The SMILES string of the molecule is CC(C)(C)[n+]1coc2c3ccccc3ccc21. The summed E-state index contributed by atoms with van der Waals surface area (Å²) in [5, 5.41) is 2.39. The van der Waals surface area contributed by atoms with Crippen LogP contribution in [0.15, 0.2) is 47.2 Å². The molecule has 0 unspecified atom stereocenters. The molecule has 0 atom stereocenters. The number of hydrogen-bond acceptors (Lipinski definition) is 1. The molecule has 0 saturated heterocycles. The number of aromatic nitrogens is 1. The lowest BCUT2D eigenvalue weighted by molar-refractivity contribution is -0.734. The molecule has 1 aromatic heterocycles. The number of rotatable bonds is 0. The van der Waals surface area contributed by atoms with Crippen LogP contribution in [0.5, 0.6) is 0 Å². The molecule has 0 N–H and O–H groups in total. The van der Waals surface area contributed by atoms with Crippen molar-refractivity contribution in [2.24, 2.45) is 0 Å². The average molecular weight is 226 g/mol. The highest BCUT2D eigenvalue weighted by Crippen LogP contribution is 2.24. The normalized spacial score (nSPS) is 12.4. The second-order valence-corrected chi connectivity index (χ2v) is 5.40. The monoisotopic (exact) mass is 226 g/mol. The predicted octanol–water partition coefficient (Wildman–Crippen LogP) is 3.63. The Bertz CT molecular complexity index is 689. The Morgan fingerprint density at radius 1 is 1.00 bits per heavy atom. The van der Waals surface area contributed by atoms with Gasteiger partial charge in [0.05, 0.1) is 0 Å². The Morgan fingerprint density at radius 2 is 1.76 bits per heavy atom. The minimum atomic E-state index is 0.0354. The first kappa shape index (κ1) is 10.3. The first-order valence-electron chi connectivity index (χ1n) is 5.88. The van der Waals surface area contributed by atoms with Gasteiger partial charge in [-0.3, -0.25) is 0 Å². The molecular formula is C15H16NO+. The summed E-state index contributed by atoms with van der Waals surface area (Å²) in [6.07, 6.45) is 1.82. The van der Waals surface area contributed by atoms with Gasteiger partial charge in [-0.1, -0.05) is 24.3 Å². The van der Waals surface area contributed by atoms with Gasteiger partial charge in [-0.05, 0) is 11.5 Å². The third-order valence-corrected chi connectivity index (χ3v) is 3.12. The van der Waals surface area contributed by atoms with Gasteiger partial charge in [0.25, 0.3) is 5.52 Å². The van der Waals surface area contributed by atoms with E-state index in [9.17, 15) is 0 Å². The second-order valence-electron chi connectivity index (χ2n) is 5.40. The first-order valence-corrected chi connectivity index (χ1v) is 5.88. The number of oxazole rings is 1. The molecule has 3 rings (SSSR count). The van der Waals surface area contributed by atoms with Crippen molar-refractivity contribution in [3.05, 3.63) is 42.8 Å². The van der Waals surface area contributed by atoms with Crippen LogP contribution in [0.25, 0.3) is 21.9 Å². The summed E-state index contributed by atoms with van der Waals surface area (Å²) in [7, 11) is 0. The standard InChI is InChI=1S/C15H16NO/c1-15(2,3)16-10-17-14-12-7-5-4-6-11(12)8-9-13(14)16/h4-10H,1-3H3/q+1. The summed E-state index contributed by atoms with van der Waals surface area (Å²) >= 11 is 0. The van der Waals surface area contributed by atoms with Crippen molar-refractivity contribution in [1.29, 1.82) is 0 Å². The fourth-order valence-electron chi connectivity index (χ4n) is 2.23. The molecule has 2 aromatic carbocycles. The first-order chi connectivity index (χ1) is 8.07. The van der Waals surface area contributed by atoms with Gasteiger partial charge in [-0.15, -0.1) is 0 Å². The summed E-state index contributed by atoms with van der Waals surface area (Å²) in [6.45, 7) is 6.53. The lowest BCUT2D eigenvalue weighted by Gasteiger charge is -2.09. The summed E-state index contributed by atoms with van der Waals surface area (Å²) in [5.41, 5.74) is 2.16. The third-order valence-electron chi connectivity index (χ3n) is 3.12. The van der Waals surface area contributed by atoms with E-state index in [2.05, 4.69) is 55.7 Å². The van der Waals surface area contributed by atoms with E-state index in [0.717, 1.165) is 11.1 Å². The molecule has 0 fully saturated rings. The minimum absolute atomic E-state index is 0.0354. The molecule has 0 aliphatic carbocycles. The van der Waals surface area contributed by atoms with E-state index in [1.165, 1.54) is 10.8 Å². The van der Waals surface area contributed by atoms with Crippen LogP contribution in [-0.2, 0) is 5.54 Å². The summed E-state index contributed by atoms with van der Waals surface area (Å²) < 4.78 is 7.93. The third kappa shape index (κ3) is 1.52. The van der Waals surface area contributed by atoms with Crippen molar-refractivity contribution < 1.29 is 8.98 Å². The maximum absolute atomic E-state index is 5.75. The Morgan fingerprint density at radius 3 is 2.53 bits per heavy atom. The van der Waals surface area contributed by atoms with Crippen molar-refractivity contribution >= 4 is 21.9 Å². The maximum Gasteiger partial charge on any atom is 0.335 e. The van der Waals surface area contributed by atoms with Gasteiger partial charge in [0.1, 0.15) is 0 Å². The van der Waals surface area contributed by atoms with Crippen molar-refractivity contribution in [2.75, 3.05) is 0 Å². The van der Waals surface area contributed by atoms with Crippen molar-refractivity contribution in [3.63, 3.8) is 0 Å². The molecule has 2 heteroatoms. The highest BCUT2D eigenvalue weighted by Gasteiger charge is 2.27. The van der Waals surface area contributed by atoms with E-state index in [1.54, 1.807) is 0 Å². The van der Waals surface area contributed by atoms with Gasteiger partial charge < -0.3 is 4.42 Å². The minimum Gasteiger partial charge on any atom is -0.403 e. The largest absolute Gasteiger partial charge is 0.403 e. The zero-order chi connectivity index (χ0) is 12.0. The topological polar surface area (TPSA) is 17.0 Å². The zero-order valence-electron chi connectivity index (χ0n) is 10.4. The molecule has 0 aliphatic heterocycles. The lowest BCUT2D eigenvalue weighted by Crippen LogP contribution is -2.48. The number of hydrogen-bond donors (Lipinski definition) is 0. The van der Waals surface area contributed by atoms with E-state index in [-0.39, 0.29) is 5.54 Å². The number of nitrogens with zero attached hydrogens (tertiary/aromatic N) is 1. The molecule has 17 heavy (non-hydrogen) atoms. The van der Waals surface area contributed by atoms with Crippen molar-refractivity contribution in [1.82, 2.24) is 0 Å². The Labute approximate surface area is 100 Å². The fraction of sp³-hybridized carbons (Fsp3) is 0.267. The molecule has 0 saturated carbocycles. The van der Waals surface area contributed by atoms with Gasteiger partial charge in [-0.25, -0.2) is 0 Å². The van der Waals surface area contributed by atoms with E-state index in [4.69, 9.17) is 4.42 Å². The van der Waals surface area contributed by atoms with Gasteiger partial charge in [0.2, 0.25) is 5.58 Å². The summed E-state index contributed by atoms with van der Waals surface area (Å²) in [5.74, 6) is 0. The van der Waals surface area contributed by atoms with Crippen LogP contribution >= 0.6 is 0 Å². The molecule has 2 nitrogen and oxygen atoms in total. The molecule has 0 radical (unpaired) electrons. The lowest BCUT2D eigenvalue weighted by atomic mass is 10.1. The predicted molar refractivity (Wildman–Crippen MR) is 68.9 cm³/mol. The van der Waals surface area contributed by atoms with Crippen LogP contribution in [0.1, 0.15) is 20.8 Å². The molecule has 0 spiro atoms. The molecule has 3 aromatic rings. The van der Waals surface area contributed by atoms with E-state index in [1.807, 2.05) is 12.5 Å². The summed E-state index contributed by atoms with van der Waals surface area (Å²) in [6, 6.07) is 12.6. The second kappa shape index (κ2) is 3.33. The van der Waals surface area contributed by atoms with Crippen molar-refractivity contribution in [3.8, 4) is 0 Å². The smallest absolute Gasteiger partial charge is 0.335 e. The van der Waals surface area contributed by atoms with Gasteiger partial charge in [0.15, 0.2) is 5.54 Å². The van der Waals surface area contributed by atoms with Crippen LogP contribution in [-0.4, -0.2) is 0 Å². The molecular weight excluding hydrogens is 210 g/mol. The van der Waals surface area contributed by atoms with Crippen LogP contribution in [0, 0.1) is 0 Å². The maximum atomic E-state index is 5.75. The highest BCUT2D eigenvalue weighted by molar-refractivity contribution is 6.01. The zero-order valence-corrected chi connectivity index (χ0v) is 10.4. The fourth-order valence-corrected chi connectivity index (χ4v) is 2.23. The average Bonchev–Trinajstić information content (AvgIpc) is 2.72. The van der Waals surface area contributed by atoms with Crippen LogP contribution in [0.4, 0.5) is 0 Å². The quantitative estimate of drug-likeness (QED) is 0.535. The molecule has 0 bridgehead atoms. The molecule has 86 valence electrons. The van der Waals surface area contributed by atoms with E-state index in [0.29, 0.717) is 0 Å². The molecule has 0 aliphatic rings. The molecule has 0 amide bonds. The Balaban J connectivity index is 2.43. The molecule has 1 heterocycles. The summed E-state index contributed by atoms with van der Waals surface area (Å²) in [4.78, 5) is 0. The van der Waals surface area contributed by atoms with Crippen molar-refractivity contribution in [2.45, 2.75) is 26.3 Å². The van der Waals surface area contributed by atoms with Gasteiger partial charge >= 0.3 is 6.39 Å². The van der Waals surface area contributed by atoms with Crippen LogP contribution in [0.2, 0.25) is 0 Å². The van der Waals surface area contributed by atoms with Crippen LogP contribution < -0.4 is 4.57 Å². The number of benzene rings is 2. The van der Waals surface area contributed by atoms with Crippen LogP contribution in [0.3, 0.4) is 0 Å². The van der Waals surface area contributed by atoms with Gasteiger partial charge in [-0.2, -0.15) is 4.57 Å². The number of fused-ring (bicyclic) bond motifs is 3. The van der Waals surface area contributed by atoms with E-state index < -0.39 is 0 Å².